The van der Waals surface area contributed by atoms with Crippen LogP contribution in [0.5, 0.6) is 0 Å². The lowest BCUT2D eigenvalue weighted by molar-refractivity contribution is -0.125. The monoisotopic (exact) mass is 467 g/mol. The van der Waals surface area contributed by atoms with E-state index in [0.29, 0.717) is 20.9 Å². The molecule has 0 saturated carbocycles. The number of benzene rings is 2. The minimum Gasteiger partial charge on any atom is -0.348 e. The van der Waals surface area contributed by atoms with E-state index in [0.717, 1.165) is 17.3 Å². The quantitative estimate of drug-likeness (QED) is 0.579. The topological polar surface area (TPSA) is 53.0 Å². The second kappa shape index (κ2) is 9.22. The van der Waals surface area contributed by atoms with Gasteiger partial charge in [-0.2, -0.15) is 0 Å². The number of carbonyl (C=O) groups is 2. The fourth-order valence-corrected chi connectivity index (χ4v) is 3.93. The summed E-state index contributed by atoms with van der Waals surface area (Å²) in [6.45, 7) is 0. The molecule has 2 amide bonds. The first kappa shape index (κ1) is 21.7. The molecule has 5 nitrogen and oxygen atoms in total. The molecule has 0 aromatic heterocycles. The predicted octanol–water partition coefficient (Wildman–Crippen LogP) is 5.21. The van der Waals surface area contributed by atoms with Crippen LogP contribution in [-0.2, 0) is 9.59 Å². The summed E-state index contributed by atoms with van der Waals surface area (Å²) in [5.74, 6) is -0.330. The molecule has 1 aliphatic rings. The van der Waals surface area contributed by atoms with Gasteiger partial charge in [0, 0.05) is 19.1 Å². The minimum atomic E-state index is -0.357. The SMILES string of the molecule is CN(C)C(=O)CSC1=N/C(=C\c2ccc(Cl)cc2)C(=O)N1c1cccc(Cl)c1Cl. The number of anilines is 1. The molecule has 2 aromatic carbocycles. The van der Waals surface area contributed by atoms with E-state index >= 15 is 0 Å². The maximum atomic E-state index is 13.1. The van der Waals surface area contributed by atoms with Crippen molar-refractivity contribution in [1.82, 2.24) is 4.90 Å². The van der Waals surface area contributed by atoms with Gasteiger partial charge in [0.2, 0.25) is 5.91 Å². The third-order valence-corrected chi connectivity index (χ3v) is 5.98. The Morgan fingerprint density at radius 1 is 1.14 bits per heavy atom. The molecule has 0 atom stereocenters. The molecule has 29 heavy (non-hydrogen) atoms. The Hall–Kier alpha value is -1.99. The Morgan fingerprint density at radius 3 is 2.48 bits per heavy atom. The van der Waals surface area contributed by atoms with E-state index in [9.17, 15) is 9.59 Å². The van der Waals surface area contributed by atoms with Gasteiger partial charge in [-0.05, 0) is 35.9 Å². The summed E-state index contributed by atoms with van der Waals surface area (Å²) in [6.07, 6.45) is 1.66. The van der Waals surface area contributed by atoms with Gasteiger partial charge in [0.1, 0.15) is 5.70 Å². The normalized spacial score (nSPS) is 15.1. The molecule has 2 aromatic rings. The Balaban J connectivity index is 2.00. The number of amidine groups is 1. The predicted molar refractivity (Wildman–Crippen MR) is 122 cm³/mol. The highest BCUT2D eigenvalue weighted by atomic mass is 35.5. The number of nitrogens with zero attached hydrogens (tertiary/aromatic N) is 3. The van der Waals surface area contributed by atoms with Gasteiger partial charge in [-0.15, -0.1) is 0 Å². The van der Waals surface area contributed by atoms with Crippen LogP contribution in [-0.4, -0.2) is 41.7 Å². The summed E-state index contributed by atoms with van der Waals surface area (Å²) in [4.78, 5) is 32.5. The van der Waals surface area contributed by atoms with Crippen molar-refractivity contribution in [3.8, 4) is 0 Å². The van der Waals surface area contributed by atoms with Crippen LogP contribution in [0, 0.1) is 0 Å². The summed E-state index contributed by atoms with van der Waals surface area (Å²) in [6, 6.07) is 12.1. The molecule has 1 aliphatic heterocycles. The van der Waals surface area contributed by atoms with Crippen LogP contribution < -0.4 is 4.90 Å². The van der Waals surface area contributed by atoms with Gasteiger partial charge in [0.05, 0.1) is 21.5 Å². The maximum Gasteiger partial charge on any atom is 0.283 e. The molecular weight excluding hydrogens is 453 g/mol. The standard InChI is InChI=1S/C20H16Cl3N3O2S/c1-25(2)17(27)11-29-20-24-15(10-12-6-8-13(21)9-7-12)19(28)26(20)16-5-3-4-14(22)18(16)23/h3-10H,11H2,1-2H3/b15-10-. The van der Waals surface area contributed by atoms with E-state index in [4.69, 9.17) is 34.8 Å². The van der Waals surface area contributed by atoms with Crippen molar-refractivity contribution >= 4 is 75.3 Å². The lowest BCUT2D eigenvalue weighted by atomic mass is 10.2. The molecule has 9 heteroatoms. The zero-order valence-corrected chi connectivity index (χ0v) is 18.6. The third-order valence-electron chi connectivity index (χ3n) is 4.00. The number of rotatable bonds is 4. The summed E-state index contributed by atoms with van der Waals surface area (Å²) >= 11 is 19.6. The summed E-state index contributed by atoms with van der Waals surface area (Å²) in [5, 5.41) is 1.51. The van der Waals surface area contributed by atoms with Gasteiger partial charge in [0.25, 0.3) is 5.91 Å². The van der Waals surface area contributed by atoms with Crippen molar-refractivity contribution in [2.45, 2.75) is 0 Å². The second-order valence-electron chi connectivity index (χ2n) is 6.27. The van der Waals surface area contributed by atoms with Crippen molar-refractivity contribution in [1.29, 1.82) is 0 Å². The first-order chi connectivity index (χ1) is 13.8. The number of aliphatic imine (C=N–C) groups is 1. The van der Waals surface area contributed by atoms with E-state index in [1.165, 1.54) is 9.80 Å². The second-order valence-corrected chi connectivity index (χ2v) is 8.43. The third kappa shape index (κ3) is 4.95. The van der Waals surface area contributed by atoms with Crippen LogP contribution >= 0.6 is 46.6 Å². The van der Waals surface area contributed by atoms with Crippen LogP contribution in [0.25, 0.3) is 6.08 Å². The smallest absolute Gasteiger partial charge is 0.283 e. The van der Waals surface area contributed by atoms with Crippen LogP contribution in [0.2, 0.25) is 15.1 Å². The molecule has 0 fully saturated rings. The number of thioether (sulfide) groups is 1. The van der Waals surface area contributed by atoms with Gasteiger partial charge < -0.3 is 4.90 Å². The summed E-state index contributed by atoms with van der Waals surface area (Å²) in [5.41, 5.74) is 1.41. The van der Waals surface area contributed by atoms with Gasteiger partial charge in [-0.25, -0.2) is 4.99 Å². The van der Waals surface area contributed by atoms with Gasteiger partial charge in [-0.1, -0.05) is 64.8 Å². The number of hydrogen-bond donors (Lipinski definition) is 0. The molecule has 0 saturated heterocycles. The zero-order valence-electron chi connectivity index (χ0n) is 15.5. The first-order valence-corrected chi connectivity index (χ1v) is 10.6. The highest BCUT2D eigenvalue weighted by Crippen LogP contribution is 2.37. The van der Waals surface area contributed by atoms with Crippen LogP contribution in [0.15, 0.2) is 53.2 Å². The van der Waals surface area contributed by atoms with E-state index < -0.39 is 0 Å². The van der Waals surface area contributed by atoms with Crippen molar-refractivity contribution < 1.29 is 9.59 Å². The highest BCUT2D eigenvalue weighted by molar-refractivity contribution is 8.14. The number of amides is 2. The Labute approximate surface area is 187 Å². The Morgan fingerprint density at radius 2 is 1.83 bits per heavy atom. The highest BCUT2D eigenvalue weighted by Gasteiger charge is 2.34. The van der Waals surface area contributed by atoms with E-state index in [1.807, 2.05) is 0 Å². The van der Waals surface area contributed by atoms with E-state index in [1.54, 1.807) is 62.6 Å². The minimum absolute atomic E-state index is 0.0996. The molecule has 0 N–H and O–H groups in total. The van der Waals surface area contributed by atoms with Crippen LogP contribution in [0.1, 0.15) is 5.56 Å². The average Bonchev–Trinajstić information content (AvgIpc) is 2.99. The molecular formula is C20H16Cl3N3O2S. The largest absolute Gasteiger partial charge is 0.348 e. The van der Waals surface area contributed by atoms with E-state index in [2.05, 4.69) is 4.99 Å². The summed E-state index contributed by atoms with van der Waals surface area (Å²) in [7, 11) is 3.34. The van der Waals surface area contributed by atoms with Crippen molar-refractivity contribution in [2.75, 3.05) is 24.7 Å². The first-order valence-electron chi connectivity index (χ1n) is 8.45. The Kier molecular flexibility index (Phi) is 6.90. The lowest BCUT2D eigenvalue weighted by Crippen LogP contribution is -2.32. The number of carbonyl (C=O) groups excluding carboxylic acids is 2. The molecule has 0 unspecified atom stereocenters. The van der Waals surface area contributed by atoms with Crippen molar-refractivity contribution in [3.05, 3.63) is 68.8 Å². The van der Waals surface area contributed by atoms with Gasteiger partial charge in [-0.3, -0.25) is 14.5 Å². The fourth-order valence-electron chi connectivity index (χ4n) is 2.44. The van der Waals surface area contributed by atoms with Gasteiger partial charge in [0.15, 0.2) is 5.17 Å². The number of halogens is 3. The molecule has 0 radical (unpaired) electrons. The maximum absolute atomic E-state index is 13.1. The van der Waals surface area contributed by atoms with Crippen molar-refractivity contribution in [2.24, 2.45) is 4.99 Å². The molecule has 150 valence electrons. The Bertz CT molecular complexity index is 1020. The van der Waals surface area contributed by atoms with Crippen LogP contribution in [0.3, 0.4) is 0 Å². The van der Waals surface area contributed by atoms with Crippen LogP contribution in [0.4, 0.5) is 5.69 Å². The van der Waals surface area contributed by atoms with E-state index in [-0.39, 0.29) is 28.3 Å². The lowest BCUT2D eigenvalue weighted by Gasteiger charge is -2.20. The molecule has 3 rings (SSSR count). The molecule has 0 aliphatic carbocycles. The van der Waals surface area contributed by atoms with Gasteiger partial charge >= 0.3 is 0 Å². The summed E-state index contributed by atoms with van der Waals surface area (Å²) < 4.78 is 0. The molecule has 1 heterocycles. The molecule has 0 spiro atoms. The number of hydrogen-bond acceptors (Lipinski definition) is 4. The molecule has 0 bridgehead atoms. The van der Waals surface area contributed by atoms with Crippen molar-refractivity contribution in [3.63, 3.8) is 0 Å². The zero-order chi connectivity index (χ0) is 21.1. The fraction of sp³-hybridized carbons (Fsp3) is 0.150. The average molecular weight is 469 g/mol.